The molecule has 35 heavy (non-hydrogen) atoms. The first-order chi connectivity index (χ1) is 17.1. The van der Waals surface area contributed by atoms with E-state index in [9.17, 15) is 9.59 Å². The highest BCUT2D eigenvalue weighted by Gasteiger charge is 2.12. The lowest BCUT2D eigenvalue weighted by Crippen LogP contribution is -2.05. The van der Waals surface area contributed by atoms with Crippen molar-refractivity contribution in [3.8, 4) is 22.9 Å². The number of hydrogen-bond acceptors (Lipinski definition) is 6. The van der Waals surface area contributed by atoms with Crippen molar-refractivity contribution in [2.24, 2.45) is 0 Å². The van der Waals surface area contributed by atoms with Gasteiger partial charge in [-0.1, -0.05) is 48.5 Å². The van der Waals surface area contributed by atoms with E-state index in [1.807, 2.05) is 84.9 Å². The van der Waals surface area contributed by atoms with Crippen molar-refractivity contribution >= 4 is 21.8 Å². The maximum absolute atomic E-state index is 12.7. The summed E-state index contributed by atoms with van der Waals surface area (Å²) in [6.45, 7) is 0. The molecule has 0 amide bonds. The minimum atomic E-state index is -0.430. The van der Waals surface area contributed by atoms with E-state index in [4.69, 9.17) is 8.83 Å². The molecule has 0 fully saturated rings. The second-order valence-electron chi connectivity index (χ2n) is 8.22. The molecule has 0 bridgehead atoms. The molecule has 0 atom stereocenters. The van der Waals surface area contributed by atoms with Gasteiger partial charge in [0, 0.05) is 11.1 Å². The van der Waals surface area contributed by atoms with Crippen molar-refractivity contribution in [2.75, 3.05) is 0 Å². The molecule has 0 saturated heterocycles. The van der Waals surface area contributed by atoms with Gasteiger partial charge in [-0.2, -0.15) is 0 Å². The Kier molecular flexibility index (Phi) is 5.04. The average molecular weight is 458 g/mol. The minimum absolute atomic E-state index is 0.281. The zero-order chi connectivity index (χ0) is 23.8. The first kappa shape index (κ1) is 20.7. The van der Waals surface area contributed by atoms with E-state index >= 15 is 0 Å². The van der Waals surface area contributed by atoms with Gasteiger partial charge in [-0.05, 0) is 66.1 Å². The zero-order valence-corrected chi connectivity index (χ0v) is 18.5. The fraction of sp³-hybridized carbons (Fsp3) is 0.0345. The lowest BCUT2D eigenvalue weighted by molar-refractivity contribution is 0.518. The molecule has 0 unspecified atom stereocenters. The van der Waals surface area contributed by atoms with E-state index in [1.54, 1.807) is 12.1 Å². The van der Waals surface area contributed by atoms with Gasteiger partial charge in [-0.3, -0.25) is 0 Å². The lowest BCUT2D eigenvalue weighted by atomic mass is 10.0. The van der Waals surface area contributed by atoms with Gasteiger partial charge in [-0.15, -0.1) is 0 Å². The van der Waals surface area contributed by atoms with Crippen molar-refractivity contribution in [2.45, 2.75) is 6.42 Å². The normalized spacial score (nSPS) is 11.2. The zero-order valence-electron chi connectivity index (χ0n) is 18.5. The monoisotopic (exact) mass is 458 g/mol. The molecule has 6 aromatic rings. The lowest BCUT2D eigenvalue weighted by Gasteiger charge is -2.07. The summed E-state index contributed by atoms with van der Waals surface area (Å²) in [5.74, 6) is 0.577. The van der Waals surface area contributed by atoms with Gasteiger partial charge in [0.1, 0.15) is 0 Å². The Morgan fingerprint density at radius 3 is 1.74 bits per heavy atom. The molecule has 6 rings (SSSR count). The second-order valence-corrected chi connectivity index (χ2v) is 8.22. The summed E-state index contributed by atoms with van der Waals surface area (Å²) in [6.07, 6.45) is 0.550. The first-order valence-electron chi connectivity index (χ1n) is 11.1. The van der Waals surface area contributed by atoms with Crippen molar-refractivity contribution < 1.29 is 8.83 Å². The quantitative estimate of drug-likeness (QED) is 0.341. The van der Waals surface area contributed by atoms with Gasteiger partial charge in [0.15, 0.2) is 0 Å². The number of aromatic nitrogens is 2. The van der Waals surface area contributed by atoms with E-state index < -0.39 is 11.3 Å². The molecule has 6 heteroatoms. The molecule has 0 aliphatic carbocycles. The number of rotatable bonds is 4. The Morgan fingerprint density at radius 2 is 1.09 bits per heavy atom. The Morgan fingerprint density at radius 1 is 0.543 bits per heavy atom. The predicted molar refractivity (Wildman–Crippen MR) is 134 cm³/mol. The van der Waals surface area contributed by atoms with Crippen LogP contribution in [0.15, 0.2) is 115 Å². The smallest absolute Gasteiger partial charge is 0.347 e. The maximum Gasteiger partial charge on any atom is 0.347 e. The summed E-state index contributed by atoms with van der Waals surface area (Å²) in [5, 5.41) is 0.846. The highest BCUT2D eigenvalue weighted by atomic mass is 16.4. The van der Waals surface area contributed by atoms with Crippen LogP contribution in [0.5, 0.6) is 0 Å². The molecular formula is C29H18N2O4. The van der Waals surface area contributed by atoms with E-state index in [2.05, 4.69) is 9.97 Å². The fourth-order valence-electron chi connectivity index (χ4n) is 4.10. The SMILES string of the molecule is O=c1oc(-c2ccccc2)nc2cc(Cc3ccc4nc(-c5ccccc5)oc(=O)c4c3)ccc12. The van der Waals surface area contributed by atoms with Crippen LogP contribution in [0.4, 0.5) is 0 Å². The van der Waals surface area contributed by atoms with Gasteiger partial charge in [0.05, 0.1) is 21.8 Å². The van der Waals surface area contributed by atoms with Gasteiger partial charge >= 0.3 is 11.3 Å². The van der Waals surface area contributed by atoms with Gasteiger partial charge in [0.2, 0.25) is 11.8 Å². The van der Waals surface area contributed by atoms with Crippen LogP contribution in [-0.2, 0) is 6.42 Å². The van der Waals surface area contributed by atoms with E-state index in [1.165, 1.54) is 0 Å². The molecule has 0 saturated carbocycles. The van der Waals surface area contributed by atoms with Crippen LogP contribution < -0.4 is 11.3 Å². The maximum atomic E-state index is 12.7. The molecule has 0 aliphatic heterocycles. The summed E-state index contributed by atoms with van der Waals surface area (Å²) in [7, 11) is 0. The Balaban J connectivity index is 1.36. The molecule has 0 radical (unpaired) electrons. The van der Waals surface area contributed by atoms with Gasteiger partial charge in [-0.25, -0.2) is 19.6 Å². The molecule has 2 heterocycles. The van der Waals surface area contributed by atoms with Crippen molar-refractivity contribution in [1.29, 1.82) is 0 Å². The largest absolute Gasteiger partial charge is 0.403 e. The van der Waals surface area contributed by atoms with Crippen LogP contribution in [0.25, 0.3) is 44.7 Å². The third-order valence-electron chi connectivity index (χ3n) is 5.84. The van der Waals surface area contributed by atoms with Crippen molar-refractivity contribution in [3.63, 3.8) is 0 Å². The highest BCUT2D eigenvalue weighted by molar-refractivity contribution is 5.81. The summed E-state index contributed by atoms with van der Waals surface area (Å²) in [4.78, 5) is 34.3. The van der Waals surface area contributed by atoms with Crippen LogP contribution in [0.2, 0.25) is 0 Å². The number of benzene rings is 4. The molecule has 6 nitrogen and oxygen atoms in total. The van der Waals surface area contributed by atoms with E-state index in [0.717, 1.165) is 22.3 Å². The van der Waals surface area contributed by atoms with Crippen molar-refractivity contribution in [1.82, 2.24) is 9.97 Å². The van der Waals surface area contributed by atoms with E-state index in [0.29, 0.717) is 34.1 Å². The van der Waals surface area contributed by atoms with Crippen molar-refractivity contribution in [3.05, 3.63) is 129 Å². The van der Waals surface area contributed by atoms with Gasteiger partial charge < -0.3 is 8.83 Å². The molecule has 2 aromatic heterocycles. The summed E-state index contributed by atoms with van der Waals surface area (Å²) < 4.78 is 10.9. The average Bonchev–Trinajstić information content (AvgIpc) is 2.90. The Hall–Kier alpha value is -4.84. The van der Waals surface area contributed by atoms with Crippen LogP contribution in [0.1, 0.15) is 11.1 Å². The molecule has 0 N–H and O–H groups in total. The summed E-state index contributed by atoms with van der Waals surface area (Å²) in [5.41, 5.74) is 3.64. The Bertz CT molecular complexity index is 1810. The topological polar surface area (TPSA) is 86.2 Å². The summed E-state index contributed by atoms with van der Waals surface area (Å²) >= 11 is 0. The summed E-state index contributed by atoms with van der Waals surface area (Å²) in [6, 6.07) is 29.7. The molecule has 0 spiro atoms. The molecular weight excluding hydrogens is 440 g/mol. The fourth-order valence-corrected chi connectivity index (χ4v) is 4.10. The van der Waals surface area contributed by atoms with Crippen LogP contribution in [0.3, 0.4) is 0 Å². The second kappa shape index (κ2) is 8.50. The molecule has 4 aromatic carbocycles. The van der Waals surface area contributed by atoms with Gasteiger partial charge in [0.25, 0.3) is 0 Å². The molecule has 0 aliphatic rings. The number of hydrogen-bond donors (Lipinski definition) is 0. The highest BCUT2D eigenvalue weighted by Crippen LogP contribution is 2.22. The first-order valence-corrected chi connectivity index (χ1v) is 11.1. The molecule has 168 valence electrons. The van der Waals surface area contributed by atoms with E-state index in [-0.39, 0.29) is 5.89 Å². The third-order valence-corrected chi connectivity index (χ3v) is 5.84. The number of nitrogens with zero attached hydrogens (tertiary/aromatic N) is 2. The number of fused-ring (bicyclic) bond motifs is 2. The minimum Gasteiger partial charge on any atom is -0.403 e. The van der Waals surface area contributed by atoms with Crippen LogP contribution in [-0.4, -0.2) is 9.97 Å². The predicted octanol–water partition coefficient (Wildman–Crippen LogP) is 5.61. The third kappa shape index (κ3) is 4.02. The standard InChI is InChI=1S/C29H18N2O4/c32-28-22-13-11-19(17-25(22)31-27(34-28)21-9-5-2-6-10-21)15-18-12-14-24-23(16-18)29(33)35-26(30-24)20-7-3-1-4-8-20/h1-14,16-17H,15H2. The van der Waals surface area contributed by atoms with Crippen LogP contribution in [0, 0.1) is 0 Å². The van der Waals surface area contributed by atoms with Crippen LogP contribution >= 0.6 is 0 Å². The Labute approximate surface area is 199 Å².